The lowest BCUT2D eigenvalue weighted by Crippen LogP contribution is -2.40. The van der Waals surface area contributed by atoms with Gasteiger partial charge in [0.2, 0.25) is 0 Å². The first-order chi connectivity index (χ1) is 15.0. The Morgan fingerprint density at radius 3 is 2.35 bits per heavy atom. The van der Waals surface area contributed by atoms with E-state index in [1.807, 2.05) is 30.3 Å². The molecule has 1 aliphatic rings. The summed E-state index contributed by atoms with van der Waals surface area (Å²) in [5, 5.41) is 2.82. The summed E-state index contributed by atoms with van der Waals surface area (Å²) >= 11 is 0. The second kappa shape index (κ2) is 10.4. The number of morpholine rings is 1. The molecular formula is C24H26N4O3. The van der Waals surface area contributed by atoms with Crippen LogP contribution in [0.2, 0.25) is 0 Å². The highest BCUT2D eigenvalue weighted by Gasteiger charge is 2.19. The number of nitrogens with zero attached hydrogens (tertiary/aromatic N) is 3. The van der Waals surface area contributed by atoms with Crippen LogP contribution in [-0.2, 0) is 9.53 Å². The molecule has 2 aromatic carbocycles. The molecule has 0 radical (unpaired) electrons. The fraction of sp³-hybridized carbons (Fsp3) is 0.250. The predicted molar refractivity (Wildman–Crippen MR) is 123 cm³/mol. The maximum atomic E-state index is 12.8. The number of aliphatic imine (C=N–C) groups is 2. The number of carbonyl (C=O) groups is 2. The van der Waals surface area contributed by atoms with E-state index >= 15 is 0 Å². The zero-order chi connectivity index (χ0) is 22.2. The molecule has 0 saturated carbocycles. The van der Waals surface area contributed by atoms with Crippen molar-refractivity contribution >= 4 is 29.9 Å². The molecule has 0 spiro atoms. The molecular weight excluding hydrogens is 392 g/mol. The van der Waals surface area contributed by atoms with Gasteiger partial charge in [0.15, 0.2) is 0 Å². The number of hydrogen-bond donors (Lipinski definition) is 1. The second-order valence-electron chi connectivity index (χ2n) is 7.09. The Morgan fingerprint density at radius 2 is 1.68 bits per heavy atom. The van der Waals surface area contributed by atoms with Crippen LogP contribution in [0.4, 0.5) is 5.69 Å². The van der Waals surface area contributed by atoms with E-state index in [0.717, 1.165) is 5.56 Å². The first-order valence-electron chi connectivity index (χ1n) is 10.1. The number of para-hydroxylation sites is 1. The maximum absolute atomic E-state index is 12.8. The quantitative estimate of drug-likeness (QED) is 0.575. The minimum absolute atomic E-state index is 0.0422. The van der Waals surface area contributed by atoms with Crippen LogP contribution in [0.5, 0.6) is 0 Å². The van der Waals surface area contributed by atoms with Gasteiger partial charge in [-0.3, -0.25) is 14.6 Å². The summed E-state index contributed by atoms with van der Waals surface area (Å²) in [6.45, 7) is 9.25. The van der Waals surface area contributed by atoms with Crippen molar-refractivity contribution in [3.05, 3.63) is 77.1 Å². The van der Waals surface area contributed by atoms with E-state index in [4.69, 9.17) is 4.74 Å². The largest absolute Gasteiger partial charge is 0.378 e. The highest BCUT2D eigenvalue weighted by Crippen LogP contribution is 2.16. The third kappa shape index (κ3) is 5.73. The fourth-order valence-corrected chi connectivity index (χ4v) is 3.14. The van der Waals surface area contributed by atoms with Gasteiger partial charge in [0.05, 0.1) is 18.9 Å². The molecule has 160 valence electrons. The van der Waals surface area contributed by atoms with Gasteiger partial charge in [-0.05, 0) is 50.4 Å². The Bertz CT molecular complexity index is 1020. The molecule has 2 amide bonds. The van der Waals surface area contributed by atoms with Crippen molar-refractivity contribution in [3.8, 4) is 0 Å². The number of ether oxygens (including phenoxy) is 1. The smallest absolute Gasteiger partial charge is 0.276 e. The summed E-state index contributed by atoms with van der Waals surface area (Å²) < 4.78 is 5.32. The number of rotatable bonds is 6. The Morgan fingerprint density at radius 1 is 1.00 bits per heavy atom. The predicted octanol–water partition coefficient (Wildman–Crippen LogP) is 3.54. The summed E-state index contributed by atoms with van der Waals surface area (Å²) in [5.41, 5.74) is 3.16. The number of allylic oxidation sites excluding steroid dienone is 1. The van der Waals surface area contributed by atoms with Gasteiger partial charge in [0.1, 0.15) is 5.70 Å². The van der Waals surface area contributed by atoms with E-state index in [1.165, 1.54) is 0 Å². The zero-order valence-electron chi connectivity index (χ0n) is 17.8. The Kier molecular flexibility index (Phi) is 7.45. The zero-order valence-corrected chi connectivity index (χ0v) is 17.8. The fourth-order valence-electron chi connectivity index (χ4n) is 3.14. The van der Waals surface area contributed by atoms with Gasteiger partial charge < -0.3 is 15.0 Å². The minimum atomic E-state index is -0.379. The average molecular weight is 418 g/mol. The van der Waals surface area contributed by atoms with Crippen LogP contribution in [-0.4, -0.2) is 55.4 Å². The van der Waals surface area contributed by atoms with Crippen molar-refractivity contribution in [1.29, 1.82) is 0 Å². The van der Waals surface area contributed by atoms with Crippen molar-refractivity contribution in [2.45, 2.75) is 13.8 Å². The number of amides is 2. The SMILES string of the molecule is C=N/C(C)=C(\N=C(C)c1cccc(C(=O)N2CCOCC2)c1)C(=O)Nc1ccccc1. The van der Waals surface area contributed by atoms with Crippen LogP contribution in [0.1, 0.15) is 29.8 Å². The van der Waals surface area contributed by atoms with Crippen LogP contribution in [0.25, 0.3) is 0 Å². The van der Waals surface area contributed by atoms with Crippen LogP contribution < -0.4 is 5.32 Å². The number of anilines is 1. The van der Waals surface area contributed by atoms with Gasteiger partial charge in [0.25, 0.3) is 11.8 Å². The Balaban J connectivity index is 1.85. The molecule has 7 heteroatoms. The summed E-state index contributed by atoms with van der Waals surface area (Å²) in [6.07, 6.45) is 0. The molecule has 1 aliphatic heterocycles. The minimum Gasteiger partial charge on any atom is -0.378 e. The van der Waals surface area contributed by atoms with E-state index in [0.29, 0.717) is 49.0 Å². The van der Waals surface area contributed by atoms with Gasteiger partial charge in [-0.15, -0.1) is 0 Å². The molecule has 0 unspecified atom stereocenters. The number of nitrogens with one attached hydrogen (secondary N) is 1. The maximum Gasteiger partial charge on any atom is 0.276 e. The number of benzene rings is 2. The van der Waals surface area contributed by atoms with E-state index in [9.17, 15) is 9.59 Å². The van der Waals surface area contributed by atoms with Gasteiger partial charge >= 0.3 is 0 Å². The van der Waals surface area contributed by atoms with Crippen LogP contribution in [0.3, 0.4) is 0 Å². The molecule has 0 aliphatic carbocycles. The summed E-state index contributed by atoms with van der Waals surface area (Å²) in [4.78, 5) is 35.8. The monoisotopic (exact) mass is 418 g/mol. The molecule has 31 heavy (non-hydrogen) atoms. The third-order valence-corrected chi connectivity index (χ3v) is 4.93. The standard InChI is InChI=1S/C24H26N4O3/c1-17(19-8-7-9-20(16-19)24(30)28-12-14-31-15-13-28)26-22(18(2)25-3)23(29)27-21-10-5-4-6-11-21/h4-11,16H,3,12-15H2,1-2H3,(H,27,29)/b22-18-,26-17?. The van der Waals surface area contributed by atoms with Gasteiger partial charge in [0, 0.05) is 30.1 Å². The second-order valence-corrected chi connectivity index (χ2v) is 7.09. The molecule has 0 bridgehead atoms. The summed E-state index contributed by atoms with van der Waals surface area (Å²) in [5.74, 6) is -0.421. The average Bonchev–Trinajstić information content (AvgIpc) is 2.82. The molecule has 7 nitrogen and oxygen atoms in total. The lowest BCUT2D eigenvalue weighted by molar-refractivity contribution is -0.112. The molecule has 3 rings (SSSR count). The molecule has 1 heterocycles. The summed E-state index contributed by atoms with van der Waals surface area (Å²) in [7, 11) is 0. The lowest BCUT2D eigenvalue weighted by Gasteiger charge is -2.27. The van der Waals surface area contributed by atoms with Crippen molar-refractivity contribution in [2.24, 2.45) is 9.98 Å². The highest BCUT2D eigenvalue weighted by atomic mass is 16.5. The van der Waals surface area contributed by atoms with Gasteiger partial charge in [-0.1, -0.05) is 30.3 Å². The lowest BCUT2D eigenvalue weighted by atomic mass is 10.1. The first kappa shape index (κ1) is 22.1. The van der Waals surface area contributed by atoms with Crippen molar-refractivity contribution < 1.29 is 14.3 Å². The van der Waals surface area contributed by atoms with Crippen LogP contribution >= 0.6 is 0 Å². The molecule has 0 atom stereocenters. The van der Waals surface area contributed by atoms with E-state index in [-0.39, 0.29) is 17.5 Å². The van der Waals surface area contributed by atoms with E-state index in [1.54, 1.807) is 43.0 Å². The molecule has 2 aromatic rings. The van der Waals surface area contributed by atoms with E-state index < -0.39 is 0 Å². The van der Waals surface area contributed by atoms with E-state index in [2.05, 4.69) is 22.0 Å². The van der Waals surface area contributed by atoms with Gasteiger partial charge in [-0.2, -0.15) is 0 Å². The topological polar surface area (TPSA) is 83.4 Å². The number of hydrogen-bond acceptors (Lipinski definition) is 5. The highest BCUT2D eigenvalue weighted by molar-refractivity contribution is 6.09. The number of carbonyl (C=O) groups excluding carboxylic acids is 2. The molecule has 0 aromatic heterocycles. The third-order valence-electron chi connectivity index (χ3n) is 4.93. The first-order valence-corrected chi connectivity index (χ1v) is 10.1. The molecule has 1 saturated heterocycles. The van der Waals surface area contributed by atoms with Crippen molar-refractivity contribution in [1.82, 2.24) is 4.90 Å². The molecule has 1 fully saturated rings. The van der Waals surface area contributed by atoms with Crippen LogP contribution in [0, 0.1) is 0 Å². The van der Waals surface area contributed by atoms with Crippen molar-refractivity contribution in [3.63, 3.8) is 0 Å². The van der Waals surface area contributed by atoms with Gasteiger partial charge in [-0.25, -0.2) is 4.99 Å². The Hall–Kier alpha value is -3.58. The molecule has 1 N–H and O–H groups in total. The van der Waals surface area contributed by atoms with Crippen LogP contribution in [0.15, 0.2) is 76.0 Å². The van der Waals surface area contributed by atoms with Crippen molar-refractivity contribution in [2.75, 3.05) is 31.6 Å². The summed E-state index contributed by atoms with van der Waals surface area (Å²) in [6, 6.07) is 16.4. The Labute approximate surface area is 182 Å². The normalized spacial score (nSPS) is 15.2.